The van der Waals surface area contributed by atoms with Crippen molar-refractivity contribution in [2.75, 3.05) is 18.9 Å². The molecule has 0 amide bonds. The van der Waals surface area contributed by atoms with Crippen LogP contribution in [0.5, 0.6) is 0 Å². The number of rotatable bonds is 13. The lowest BCUT2D eigenvalue weighted by Crippen LogP contribution is -2.52. The fourth-order valence-corrected chi connectivity index (χ4v) is 6.34. The van der Waals surface area contributed by atoms with Gasteiger partial charge in [-0.15, -0.1) is 0 Å². The summed E-state index contributed by atoms with van der Waals surface area (Å²) in [6, 6.07) is -1.14. The van der Waals surface area contributed by atoms with Gasteiger partial charge < -0.3 is 29.6 Å². The fraction of sp³-hybridized carbons (Fsp3) is 0.682. The van der Waals surface area contributed by atoms with E-state index in [1.807, 2.05) is 0 Å². The van der Waals surface area contributed by atoms with Gasteiger partial charge in [0.1, 0.15) is 18.7 Å². The van der Waals surface area contributed by atoms with E-state index in [2.05, 4.69) is 25.1 Å². The number of carbonyl (C=O) groups is 2. The summed E-state index contributed by atoms with van der Waals surface area (Å²) in [5.41, 5.74) is 1.23. The lowest BCUT2D eigenvalue weighted by atomic mass is 9.97. The number of nitrogens with zero attached hydrogens (tertiary/aromatic N) is 3. The number of aromatic amines is 1. The Labute approximate surface area is 242 Å². The predicted octanol–water partition coefficient (Wildman–Crippen LogP) is 0.646. The highest BCUT2D eigenvalue weighted by Gasteiger charge is 2.62. The lowest BCUT2D eigenvalue weighted by molar-refractivity contribution is -0.190. The summed E-state index contributed by atoms with van der Waals surface area (Å²) in [5, 5.41) is 15.9. The monoisotopic (exact) mass is 643 g/mol. The van der Waals surface area contributed by atoms with Crippen molar-refractivity contribution >= 4 is 47.4 Å². The van der Waals surface area contributed by atoms with E-state index < -0.39 is 86.0 Å². The van der Waals surface area contributed by atoms with Crippen LogP contribution >= 0.6 is 6.57 Å². The van der Waals surface area contributed by atoms with Gasteiger partial charge in [0.15, 0.2) is 35.7 Å². The summed E-state index contributed by atoms with van der Waals surface area (Å²) in [6.45, 7) is 2.25. The maximum absolute atomic E-state index is 15.4. The zero-order valence-corrected chi connectivity index (χ0v) is 25.0. The molecular weight excluding hydrogens is 610 g/mol. The Bertz CT molecular complexity index is 1400. The molecule has 0 aliphatic carbocycles. The van der Waals surface area contributed by atoms with E-state index in [0.717, 1.165) is 10.9 Å². The van der Waals surface area contributed by atoms with Crippen molar-refractivity contribution in [1.82, 2.24) is 29.7 Å². The number of anilines is 1. The van der Waals surface area contributed by atoms with Gasteiger partial charge >= 0.3 is 11.9 Å². The number of esters is 2. The molecule has 0 radical (unpaired) electrons. The van der Waals surface area contributed by atoms with Crippen LogP contribution in [0.15, 0.2) is 11.1 Å². The molecule has 1 saturated heterocycles. The standard InChI is InChI=1S/C22H33F3N7O8PS/c1-9(2)38-12(33)6-28-41(42,31-11(5)19(36)39-10(3)4)37-7-22(20(24)25)15(34)13(23)18(40-22)32-8-27-14-16(32)29-21(26)30-17(14)35/h8-11,13,15,18,20,34H,6-7H2,1-5H3,(H2,28,31,42)(H3,26,29,30,35)/t11-,13+,15-,18+,22+,41?/m0/s1. The molecule has 236 valence electrons. The normalized spacial score (nSPS) is 24.8. The van der Waals surface area contributed by atoms with Crippen LogP contribution in [0.25, 0.3) is 11.2 Å². The first-order valence-corrected chi connectivity index (χ1v) is 15.4. The van der Waals surface area contributed by atoms with Gasteiger partial charge in [-0.05, 0) is 46.4 Å². The van der Waals surface area contributed by atoms with E-state index in [1.165, 1.54) is 6.92 Å². The number of imidazole rings is 1. The van der Waals surface area contributed by atoms with Crippen molar-refractivity contribution in [1.29, 1.82) is 0 Å². The van der Waals surface area contributed by atoms with Gasteiger partial charge in [-0.25, -0.2) is 28.3 Å². The van der Waals surface area contributed by atoms with Crippen molar-refractivity contribution in [3.8, 4) is 0 Å². The molecule has 1 unspecified atom stereocenters. The zero-order chi connectivity index (χ0) is 31.6. The minimum atomic E-state index is -3.79. The molecule has 0 saturated carbocycles. The lowest BCUT2D eigenvalue weighted by Gasteiger charge is -2.34. The van der Waals surface area contributed by atoms with Crippen LogP contribution in [0.1, 0.15) is 40.8 Å². The van der Waals surface area contributed by atoms with Crippen molar-refractivity contribution in [2.24, 2.45) is 0 Å². The minimum absolute atomic E-state index is 0.278. The molecular formula is C22H33F3N7O8PS. The van der Waals surface area contributed by atoms with Crippen LogP contribution < -0.4 is 21.5 Å². The number of aliphatic hydroxyl groups is 1. The molecule has 6 atom stereocenters. The number of halogens is 3. The predicted molar refractivity (Wildman–Crippen MR) is 146 cm³/mol. The molecule has 2 aromatic heterocycles. The SMILES string of the molecule is CC(C)OC(=O)CNP(=S)(N[C@@H](C)C(=O)OC(C)C)OC[C@@]1(C(F)F)O[C@@H](n2cnc3c(=O)[nH]c(N)nc32)[C@H](F)[C@@H]1O. The maximum atomic E-state index is 15.4. The Morgan fingerprint density at radius 2 is 1.93 bits per heavy atom. The van der Waals surface area contributed by atoms with Gasteiger partial charge in [0.05, 0.1) is 25.1 Å². The largest absolute Gasteiger partial charge is 0.462 e. The molecule has 42 heavy (non-hydrogen) atoms. The third kappa shape index (κ3) is 7.45. The third-order valence-corrected chi connectivity index (χ3v) is 8.66. The van der Waals surface area contributed by atoms with Crippen molar-refractivity contribution in [3.63, 3.8) is 0 Å². The summed E-state index contributed by atoms with van der Waals surface area (Å²) in [7, 11) is 0. The average molecular weight is 644 g/mol. The number of carbonyl (C=O) groups excluding carboxylic acids is 2. The second-order valence-corrected chi connectivity index (χ2v) is 13.4. The topological polar surface area (TPSA) is 205 Å². The van der Waals surface area contributed by atoms with E-state index >= 15 is 4.39 Å². The van der Waals surface area contributed by atoms with Crippen LogP contribution in [-0.4, -0.2) is 92.3 Å². The van der Waals surface area contributed by atoms with E-state index in [-0.39, 0.29) is 17.1 Å². The molecule has 1 fully saturated rings. The first kappa shape index (κ1) is 33.8. The first-order valence-electron chi connectivity index (χ1n) is 12.7. The molecule has 15 nitrogen and oxygen atoms in total. The maximum Gasteiger partial charge on any atom is 0.323 e. The molecule has 0 aromatic carbocycles. The van der Waals surface area contributed by atoms with Crippen molar-refractivity contribution < 1.29 is 46.6 Å². The molecule has 0 spiro atoms. The number of hydrogen-bond acceptors (Lipinski definition) is 12. The van der Waals surface area contributed by atoms with Gasteiger partial charge in [-0.2, -0.15) is 4.98 Å². The Balaban J connectivity index is 1.90. The summed E-state index contributed by atoms with van der Waals surface area (Å²) < 4.78 is 66.6. The Hall–Kier alpha value is -2.67. The summed E-state index contributed by atoms with van der Waals surface area (Å²) >= 11 is 5.48. The quantitative estimate of drug-likeness (QED) is 0.150. The van der Waals surface area contributed by atoms with E-state index in [4.69, 9.17) is 36.3 Å². The van der Waals surface area contributed by atoms with Gasteiger partial charge in [0.2, 0.25) is 5.95 Å². The number of fused-ring (bicyclic) bond motifs is 1. The fourth-order valence-electron chi connectivity index (χ4n) is 3.92. The van der Waals surface area contributed by atoms with Crippen LogP contribution in [-0.2, 0) is 40.1 Å². The number of aromatic nitrogens is 4. The number of H-pyrrole nitrogens is 1. The summed E-state index contributed by atoms with van der Waals surface area (Å²) in [5.74, 6) is -1.88. The number of aliphatic hydroxyl groups excluding tert-OH is 1. The van der Waals surface area contributed by atoms with Crippen LogP contribution in [0.3, 0.4) is 0 Å². The van der Waals surface area contributed by atoms with Crippen LogP contribution in [0.4, 0.5) is 19.1 Å². The number of nitrogens with one attached hydrogen (secondary N) is 3. The molecule has 3 rings (SSSR count). The molecule has 2 aromatic rings. The van der Waals surface area contributed by atoms with Gasteiger partial charge in [-0.3, -0.25) is 23.9 Å². The number of nitrogen functional groups attached to an aromatic ring is 1. The minimum Gasteiger partial charge on any atom is -0.462 e. The number of ether oxygens (including phenoxy) is 3. The highest BCUT2D eigenvalue weighted by molar-refractivity contribution is 8.10. The molecule has 1 aliphatic heterocycles. The number of hydrogen-bond donors (Lipinski definition) is 5. The average Bonchev–Trinajstić information content (AvgIpc) is 3.40. The Kier molecular flexibility index (Phi) is 10.7. The second kappa shape index (κ2) is 13.3. The van der Waals surface area contributed by atoms with Crippen molar-refractivity contribution in [2.45, 2.75) is 83.4 Å². The summed E-state index contributed by atoms with van der Waals surface area (Å²) in [4.78, 5) is 46.5. The Morgan fingerprint density at radius 3 is 2.52 bits per heavy atom. The molecule has 3 heterocycles. The van der Waals surface area contributed by atoms with Crippen LogP contribution in [0, 0.1) is 0 Å². The summed E-state index contributed by atoms with van der Waals surface area (Å²) in [6.07, 6.45) is -10.5. The van der Waals surface area contributed by atoms with Crippen molar-refractivity contribution in [3.05, 3.63) is 16.7 Å². The zero-order valence-electron chi connectivity index (χ0n) is 23.2. The van der Waals surface area contributed by atoms with Gasteiger partial charge in [-0.1, -0.05) is 0 Å². The Morgan fingerprint density at radius 1 is 1.29 bits per heavy atom. The molecule has 6 N–H and O–H groups in total. The number of nitrogens with two attached hydrogens (primary N) is 1. The van der Waals surface area contributed by atoms with E-state index in [1.54, 1.807) is 27.7 Å². The van der Waals surface area contributed by atoms with Gasteiger partial charge in [0.25, 0.3) is 12.0 Å². The first-order chi connectivity index (χ1) is 19.5. The molecule has 0 bridgehead atoms. The van der Waals surface area contributed by atoms with E-state index in [0.29, 0.717) is 0 Å². The second-order valence-electron chi connectivity index (χ2n) is 9.96. The van der Waals surface area contributed by atoms with E-state index in [9.17, 15) is 28.3 Å². The van der Waals surface area contributed by atoms with Gasteiger partial charge in [0, 0.05) is 0 Å². The molecule has 20 heteroatoms. The highest BCUT2D eigenvalue weighted by Crippen LogP contribution is 2.47. The third-order valence-electron chi connectivity index (χ3n) is 5.85. The molecule has 1 aliphatic rings. The smallest absolute Gasteiger partial charge is 0.323 e. The van der Waals surface area contributed by atoms with Crippen LogP contribution in [0.2, 0.25) is 0 Å². The number of alkyl halides is 3. The highest BCUT2D eigenvalue weighted by atomic mass is 32.4.